The Labute approximate surface area is 177 Å². The van der Waals surface area contributed by atoms with Crippen LogP contribution in [0.3, 0.4) is 0 Å². The van der Waals surface area contributed by atoms with Gasteiger partial charge in [0.05, 0.1) is 25.1 Å². The fourth-order valence-electron chi connectivity index (χ4n) is 3.81. The van der Waals surface area contributed by atoms with E-state index in [-0.39, 0.29) is 47.1 Å². The van der Waals surface area contributed by atoms with Gasteiger partial charge in [0, 0.05) is 12.1 Å². The Balaban J connectivity index is 1.70. The molecule has 0 bridgehead atoms. The number of imidazole rings is 1. The largest absolute Gasteiger partial charge is 0.369 e. The van der Waals surface area contributed by atoms with E-state index in [4.69, 9.17) is 15.0 Å². The van der Waals surface area contributed by atoms with Crippen molar-refractivity contribution in [1.29, 1.82) is 5.26 Å². The molecule has 0 saturated carbocycles. The molecule has 30 heavy (non-hydrogen) atoms. The summed E-state index contributed by atoms with van der Waals surface area (Å²) in [5.74, 6) is 0.0470. The van der Waals surface area contributed by atoms with Crippen LogP contribution < -0.4 is 11.3 Å². The van der Waals surface area contributed by atoms with Crippen LogP contribution in [0.25, 0.3) is 11.2 Å². The number of fused-ring (bicyclic) bond motifs is 1. The summed E-state index contributed by atoms with van der Waals surface area (Å²) in [4.78, 5) is 22.8. The first kappa shape index (κ1) is 22.6. The third kappa shape index (κ3) is 4.65. The first-order chi connectivity index (χ1) is 14.2. The maximum Gasteiger partial charge on any atom is 0.280 e. The van der Waals surface area contributed by atoms with Gasteiger partial charge < -0.3 is 15.0 Å². The van der Waals surface area contributed by atoms with E-state index in [0.717, 1.165) is 12.8 Å². The van der Waals surface area contributed by atoms with Crippen LogP contribution in [0.5, 0.6) is 0 Å². The molecule has 3 rings (SSSR count). The van der Waals surface area contributed by atoms with Crippen molar-refractivity contribution >= 4 is 25.4 Å². The van der Waals surface area contributed by atoms with E-state index in [1.165, 1.54) is 0 Å². The minimum atomic E-state index is -1.08. The molecule has 4 atom stereocenters. The normalized spacial score (nSPS) is 21.6. The molecule has 0 aromatic carbocycles. The first-order valence-electron chi connectivity index (χ1n) is 10.2. The molecule has 3 N–H and O–H groups in total. The van der Waals surface area contributed by atoms with Gasteiger partial charge in [-0.05, 0) is 47.5 Å². The van der Waals surface area contributed by atoms with Gasteiger partial charge in [-0.3, -0.25) is 19.0 Å². The average Bonchev–Trinajstić information content (AvgIpc) is 3.30. The Morgan fingerprint density at radius 2 is 2.10 bits per heavy atom. The molecule has 1 aliphatic heterocycles. The number of aromatic amines is 1. The molecule has 2 aromatic heterocycles. The smallest absolute Gasteiger partial charge is 0.280 e. The van der Waals surface area contributed by atoms with Crippen molar-refractivity contribution in [2.24, 2.45) is 0 Å². The summed E-state index contributed by atoms with van der Waals surface area (Å²) in [7, 11) is -1.08. The summed E-state index contributed by atoms with van der Waals surface area (Å²) in [5.41, 5.74) is 5.75. The quantitative estimate of drug-likeness (QED) is 0.604. The standard InChI is InChI=1S/C19H30N7O3P/c1-11(2)26(12(3)4)30(13(5)8-20)28-9-14-6-7-15(29-14)25-10-22-16-17(25)23-19(21)24-18(16)27/h10-15H,6-7,9H2,1-5H3,(H3,21,23,24,27)/t13?,14-,15+,30?/m0/s1. The van der Waals surface area contributed by atoms with Crippen LogP contribution in [0.4, 0.5) is 5.95 Å². The van der Waals surface area contributed by atoms with Gasteiger partial charge in [-0.2, -0.15) is 10.2 Å². The minimum Gasteiger partial charge on any atom is -0.369 e. The number of ether oxygens (including phenoxy) is 1. The second kappa shape index (κ2) is 9.40. The zero-order valence-corrected chi connectivity index (χ0v) is 19.0. The predicted molar refractivity (Wildman–Crippen MR) is 116 cm³/mol. The summed E-state index contributed by atoms with van der Waals surface area (Å²) in [6.45, 7) is 10.8. The number of aromatic nitrogens is 4. The van der Waals surface area contributed by atoms with Gasteiger partial charge in [0.1, 0.15) is 20.2 Å². The van der Waals surface area contributed by atoms with E-state index in [2.05, 4.69) is 53.4 Å². The van der Waals surface area contributed by atoms with Gasteiger partial charge in [0.15, 0.2) is 11.2 Å². The molecule has 1 aliphatic rings. The average molecular weight is 435 g/mol. The Hall–Kier alpha value is -2.05. The van der Waals surface area contributed by atoms with Crippen molar-refractivity contribution in [2.75, 3.05) is 12.3 Å². The molecule has 1 fully saturated rings. The minimum absolute atomic E-state index is 0.0470. The van der Waals surface area contributed by atoms with Gasteiger partial charge in [0.25, 0.3) is 5.56 Å². The maximum absolute atomic E-state index is 12.0. The summed E-state index contributed by atoms with van der Waals surface area (Å²) in [5, 5.41) is 9.49. The number of H-pyrrole nitrogens is 1. The fraction of sp³-hybridized carbons (Fsp3) is 0.684. The SMILES string of the molecule is CC(C)N(C(C)C)P(OC[C@@H]1CC[C@H](n2cnc3c(=O)[nH]c(N)nc32)O1)C(C)C#N. The predicted octanol–water partition coefficient (Wildman–Crippen LogP) is 2.74. The molecule has 1 saturated heterocycles. The van der Waals surface area contributed by atoms with Gasteiger partial charge in [-0.1, -0.05) is 0 Å². The lowest BCUT2D eigenvalue weighted by Crippen LogP contribution is -2.36. The van der Waals surface area contributed by atoms with E-state index >= 15 is 0 Å². The van der Waals surface area contributed by atoms with Crippen molar-refractivity contribution in [3.05, 3.63) is 16.7 Å². The Morgan fingerprint density at radius 1 is 1.40 bits per heavy atom. The Morgan fingerprint density at radius 3 is 2.73 bits per heavy atom. The lowest BCUT2D eigenvalue weighted by atomic mass is 10.2. The number of nitrogens with two attached hydrogens (primary N) is 1. The van der Waals surface area contributed by atoms with Crippen LogP contribution >= 0.6 is 8.30 Å². The van der Waals surface area contributed by atoms with Crippen LogP contribution in [-0.2, 0) is 9.26 Å². The van der Waals surface area contributed by atoms with Crippen molar-refractivity contribution in [2.45, 2.75) is 77.5 Å². The lowest BCUT2D eigenvalue weighted by molar-refractivity contribution is -0.0157. The molecule has 3 heterocycles. The van der Waals surface area contributed by atoms with Crippen molar-refractivity contribution < 1.29 is 9.26 Å². The summed E-state index contributed by atoms with van der Waals surface area (Å²) in [6.07, 6.45) is 2.71. The molecule has 2 unspecified atom stereocenters. The molecule has 11 heteroatoms. The highest BCUT2D eigenvalue weighted by molar-refractivity contribution is 7.51. The van der Waals surface area contributed by atoms with Gasteiger partial charge in [0.2, 0.25) is 5.95 Å². The number of nitrogens with one attached hydrogen (secondary N) is 1. The molecular weight excluding hydrogens is 405 g/mol. The number of rotatable bonds is 8. The highest BCUT2D eigenvalue weighted by Gasteiger charge is 2.33. The molecule has 0 amide bonds. The fourth-order valence-corrected chi connectivity index (χ4v) is 5.89. The zero-order valence-electron chi connectivity index (χ0n) is 18.1. The molecule has 0 spiro atoms. The van der Waals surface area contributed by atoms with Crippen LogP contribution in [-0.4, -0.2) is 54.6 Å². The highest BCUT2D eigenvalue weighted by atomic mass is 31.2. The van der Waals surface area contributed by atoms with Crippen LogP contribution in [0.1, 0.15) is 53.7 Å². The monoisotopic (exact) mass is 435 g/mol. The van der Waals surface area contributed by atoms with Gasteiger partial charge in [-0.25, -0.2) is 4.98 Å². The van der Waals surface area contributed by atoms with E-state index in [9.17, 15) is 10.1 Å². The Kier molecular flexibility index (Phi) is 7.09. The van der Waals surface area contributed by atoms with Crippen molar-refractivity contribution in [3.63, 3.8) is 0 Å². The second-order valence-electron chi connectivity index (χ2n) is 8.04. The zero-order chi connectivity index (χ0) is 22.0. The number of nitrogen functional groups attached to an aromatic ring is 1. The van der Waals surface area contributed by atoms with E-state index in [1.54, 1.807) is 10.9 Å². The highest BCUT2D eigenvalue weighted by Crippen LogP contribution is 2.49. The number of hydrogen-bond acceptors (Lipinski definition) is 8. The molecular formula is C19H30N7O3P. The summed E-state index contributed by atoms with van der Waals surface area (Å²) >= 11 is 0. The number of nitriles is 1. The molecule has 164 valence electrons. The molecule has 2 aromatic rings. The number of hydrogen-bond donors (Lipinski definition) is 2. The topological polar surface area (TPSA) is 135 Å². The molecule has 0 radical (unpaired) electrons. The number of nitrogens with zero attached hydrogens (tertiary/aromatic N) is 5. The third-order valence-electron chi connectivity index (χ3n) is 5.04. The van der Waals surface area contributed by atoms with Crippen LogP contribution in [0.2, 0.25) is 0 Å². The Bertz CT molecular complexity index is 959. The molecule has 10 nitrogen and oxygen atoms in total. The lowest BCUT2D eigenvalue weighted by Gasteiger charge is -2.38. The van der Waals surface area contributed by atoms with E-state index < -0.39 is 8.30 Å². The summed E-state index contributed by atoms with van der Waals surface area (Å²) in [6, 6.07) is 2.90. The second-order valence-corrected chi connectivity index (χ2v) is 10.1. The third-order valence-corrected chi connectivity index (χ3v) is 7.61. The number of anilines is 1. The first-order valence-corrected chi connectivity index (χ1v) is 11.5. The van der Waals surface area contributed by atoms with Crippen molar-refractivity contribution in [3.8, 4) is 6.07 Å². The molecule has 0 aliphatic carbocycles. The van der Waals surface area contributed by atoms with Crippen LogP contribution in [0, 0.1) is 11.3 Å². The van der Waals surface area contributed by atoms with Gasteiger partial charge >= 0.3 is 0 Å². The van der Waals surface area contributed by atoms with Crippen molar-refractivity contribution in [1.82, 2.24) is 24.2 Å². The van der Waals surface area contributed by atoms with E-state index in [0.29, 0.717) is 12.3 Å². The van der Waals surface area contributed by atoms with Gasteiger partial charge in [-0.15, -0.1) is 0 Å². The van der Waals surface area contributed by atoms with Crippen LogP contribution in [0.15, 0.2) is 11.1 Å². The summed E-state index contributed by atoms with van der Waals surface area (Å²) < 4.78 is 16.5. The van der Waals surface area contributed by atoms with E-state index in [1.807, 2.05) is 6.92 Å². The maximum atomic E-state index is 12.0.